The molecule has 3 N–H and O–H groups in total. The second kappa shape index (κ2) is 3.53. The van der Waals surface area contributed by atoms with Gasteiger partial charge >= 0.3 is 0 Å². The highest BCUT2D eigenvalue weighted by Gasteiger charge is 2.21. The highest BCUT2D eigenvalue weighted by molar-refractivity contribution is 5.34. The average molecular weight is 195 g/mol. The van der Waals surface area contributed by atoms with Crippen LogP contribution in [0, 0.1) is 6.92 Å². The van der Waals surface area contributed by atoms with Crippen molar-refractivity contribution in [3.8, 4) is 0 Å². The van der Waals surface area contributed by atoms with Gasteiger partial charge in [-0.1, -0.05) is 20.8 Å². The number of aromatic nitrogens is 2. The maximum absolute atomic E-state index is 9.23. The van der Waals surface area contributed by atoms with Gasteiger partial charge in [0.2, 0.25) is 5.95 Å². The molecule has 0 atom stereocenters. The van der Waals surface area contributed by atoms with E-state index in [2.05, 4.69) is 9.97 Å². The fourth-order valence-corrected chi connectivity index (χ4v) is 1.43. The largest absolute Gasteiger partial charge is 0.392 e. The lowest BCUT2D eigenvalue weighted by molar-refractivity contribution is 0.276. The Morgan fingerprint density at radius 3 is 2.29 bits per heavy atom. The van der Waals surface area contributed by atoms with Gasteiger partial charge in [0, 0.05) is 16.7 Å². The zero-order valence-corrected chi connectivity index (χ0v) is 9.13. The summed E-state index contributed by atoms with van der Waals surface area (Å²) in [5.74, 6) is 0.268. The fraction of sp³-hybridized carbons (Fsp3) is 0.600. The molecule has 0 unspecified atom stereocenters. The van der Waals surface area contributed by atoms with Crippen molar-refractivity contribution < 1.29 is 5.11 Å². The molecule has 0 radical (unpaired) electrons. The van der Waals surface area contributed by atoms with Gasteiger partial charge in [0.1, 0.15) is 0 Å². The molecule has 0 fully saturated rings. The molecular formula is C10H17N3O. The second-order valence-corrected chi connectivity index (χ2v) is 4.40. The zero-order valence-electron chi connectivity index (χ0n) is 9.13. The number of nitrogens with zero attached hydrogens (tertiary/aromatic N) is 2. The van der Waals surface area contributed by atoms with E-state index in [1.165, 1.54) is 0 Å². The molecule has 4 heteroatoms. The summed E-state index contributed by atoms with van der Waals surface area (Å²) in [5, 5.41) is 9.23. The van der Waals surface area contributed by atoms with Gasteiger partial charge in [-0.2, -0.15) is 0 Å². The van der Waals surface area contributed by atoms with Crippen LogP contribution in [0.3, 0.4) is 0 Å². The van der Waals surface area contributed by atoms with Gasteiger partial charge in [-0.15, -0.1) is 0 Å². The molecule has 0 bridgehead atoms. The molecule has 0 aliphatic rings. The maximum Gasteiger partial charge on any atom is 0.220 e. The summed E-state index contributed by atoms with van der Waals surface area (Å²) in [7, 11) is 0. The topological polar surface area (TPSA) is 72.0 Å². The number of anilines is 1. The standard InChI is InChI=1S/C10H17N3O/c1-6-7(5-14)8(10(2,3)4)13-9(11)12-6/h14H,5H2,1-4H3,(H2,11,12,13). The van der Waals surface area contributed by atoms with Crippen molar-refractivity contribution in [2.75, 3.05) is 5.73 Å². The van der Waals surface area contributed by atoms with Crippen LogP contribution >= 0.6 is 0 Å². The highest BCUT2D eigenvalue weighted by Crippen LogP contribution is 2.25. The van der Waals surface area contributed by atoms with E-state index in [1.54, 1.807) is 0 Å². The van der Waals surface area contributed by atoms with Crippen molar-refractivity contribution in [3.63, 3.8) is 0 Å². The third-order valence-electron chi connectivity index (χ3n) is 2.10. The molecule has 0 aliphatic carbocycles. The summed E-state index contributed by atoms with van der Waals surface area (Å²) in [6.45, 7) is 7.89. The lowest BCUT2D eigenvalue weighted by Crippen LogP contribution is -2.19. The molecule has 0 saturated heterocycles. The van der Waals surface area contributed by atoms with Gasteiger partial charge in [-0.25, -0.2) is 9.97 Å². The molecule has 78 valence electrons. The number of aliphatic hydroxyl groups excluding tert-OH is 1. The molecule has 1 aromatic rings. The van der Waals surface area contributed by atoms with E-state index in [4.69, 9.17) is 5.73 Å². The van der Waals surface area contributed by atoms with Gasteiger partial charge in [-0.3, -0.25) is 0 Å². The molecule has 0 amide bonds. The number of aliphatic hydroxyl groups is 1. The quantitative estimate of drug-likeness (QED) is 0.705. The minimum Gasteiger partial charge on any atom is -0.392 e. The Morgan fingerprint density at radius 2 is 1.86 bits per heavy atom. The number of rotatable bonds is 1. The first-order valence-corrected chi connectivity index (χ1v) is 4.60. The SMILES string of the molecule is Cc1nc(N)nc(C(C)(C)C)c1CO. The van der Waals surface area contributed by atoms with Crippen molar-refractivity contribution in [3.05, 3.63) is 17.0 Å². The molecule has 1 aromatic heterocycles. The Bertz CT molecular complexity index is 342. The molecular weight excluding hydrogens is 178 g/mol. The van der Waals surface area contributed by atoms with E-state index in [1.807, 2.05) is 27.7 Å². The summed E-state index contributed by atoms with van der Waals surface area (Å²) >= 11 is 0. The number of hydrogen-bond acceptors (Lipinski definition) is 4. The normalized spacial score (nSPS) is 11.8. The van der Waals surface area contributed by atoms with Crippen LogP contribution in [0.5, 0.6) is 0 Å². The zero-order chi connectivity index (χ0) is 10.9. The number of hydrogen-bond donors (Lipinski definition) is 2. The monoisotopic (exact) mass is 195 g/mol. The molecule has 1 heterocycles. The molecule has 0 aliphatic heterocycles. The average Bonchev–Trinajstić information content (AvgIpc) is 2.01. The lowest BCUT2D eigenvalue weighted by atomic mass is 9.88. The Morgan fingerprint density at radius 1 is 1.29 bits per heavy atom. The fourth-order valence-electron chi connectivity index (χ4n) is 1.43. The van der Waals surface area contributed by atoms with Gasteiger partial charge in [0.25, 0.3) is 0 Å². The van der Waals surface area contributed by atoms with E-state index in [9.17, 15) is 5.11 Å². The Labute approximate surface area is 84.2 Å². The molecule has 14 heavy (non-hydrogen) atoms. The van der Waals surface area contributed by atoms with Crippen LogP contribution < -0.4 is 5.73 Å². The van der Waals surface area contributed by atoms with E-state index in [-0.39, 0.29) is 18.0 Å². The summed E-state index contributed by atoms with van der Waals surface area (Å²) in [6.07, 6.45) is 0. The maximum atomic E-state index is 9.23. The van der Waals surface area contributed by atoms with E-state index < -0.39 is 0 Å². The minimum atomic E-state index is -0.125. The molecule has 0 saturated carbocycles. The van der Waals surface area contributed by atoms with Gasteiger partial charge in [0.05, 0.1) is 12.3 Å². The second-order valence-electron chi connectivity index (χ2n) is 4.40. The summed E-state index contributed by atoms with van der Waals surface area (Å²) in [4.78, 5) is 8.21. The van der Waals surface area contributed by atoms with Gasteiger partial charge in [0.15, 0.2) is 0 Å². The first-order valence-electron chi connectivity index (χ1n) is 4.60. The van der Waals surface area contributed by atoms with Gasteiger partial charge < -0.3 is 10.8 Å². The van der Waals surface area contributed by atoms with Crippen LogP contribution in [-0.2, 0) is 12.0 Å². The Kier molecular flexibility index (Phi) is 2.76. The first-order chi connectivity index (χ1) is 6.36. The van der Waals surface area contributed by atoms with Crippen molar-refractivity contribution in [1.29, 1.82) is 0 Å². The van der Waals surface area contributed by atoms with Crippen LogP contribution in [0.1, 0.15) is 37.7 Å². The summed E-state index contributed by atoms with van der Waals surface area (Å²) < 4.78 is 0. The molecule has 4 nitrogen and oxygen atoms in total. The van der Waals surface area contributed by atoms with E-state index in [0.717, 1.165) is 17.0 Å². The van der Waals surface area contributed by atoms with Crippen LogP contribution in [0.2, 0.25) is 0 Å². The first kappa shape index (κ1) is 10.9. The summed E-state index contributed by atoms with van der Waals surface area (Å²) in [5.41, 5.74) is 7.81. The van der Waals surface area contributed by atoms with Crippen LogP contribution in [0.4, 0.5) is 5.95 Å². The highest BCUT2D eigenvalue weighted by atomic mass is 16.3. The van der Waals surface area contributed by atoms with Crippen molar-refractivity contribution >= 4 is 5.95 Å². The minimum absolute atomic E-state index is 0.0429. The number of nitrogen functional groups attached to an aromatic ring is 1. The van der Waals surface area contributed by atoms with Crippen LogP contribution in [-0.4, -0.2) is 15.1 Å². The van der Waals surface area contributed by atoms with Crippen LogP contribution in [0.25, 0.3) is 0 Å². The predicted molar refractivity (Wildman–Crippen MR) is 55.8 cm³/mol. The smallest absolute Gasteiger partial charge is 0.220 e. The number of nitrogens with two attached hydrogens (primary N) is 1. The third-order valence-corrected chi connectivity index (χ3v) is 2.10. The van der Waals surface area contributed by atoms with Crippen molar-refractivity contribution in [2.45, 2.75) is 39.7 Å². The Balaban J connectivity index is 3.40. The van der Waals surface area contributed by atoms with Crippen LogP contribution in [0.15, 0.2) is 0 Å². The number of aryl methyl sites for hydroxylation is 1. The lowest BCUT2D eigenvalue weighted by Gasteiger charge is -2.21. The molecule has 1 rings (SSSR count). The van der Waals surface area contributed by atoms with E-state index in [0.29, 0.717) is 0 Å². The van der Waals surface area contributed by atoms with Crippen molar-refractivity contribution in [2.24, 2.45) is 0 Å². The van der Waals surface area contributed by atoms with Gasteiger partial charge in [-0.05, 0) is 6.92 Å². The van der Waals surface area contributed by atoms with E-state index >= 15 is 0 Å². The predicted octanol–water partition coefficient (Wildman–Crippen LogP) is 1.16. The summed E-state index contributed by atoms with van der Waals surface area (Å²) in [6, 6.07) is 0. The molecule has 0 aromatic carbocycles. The Hall–Kier alpha value is -1.16. The third kappa shape index (κ3) is 2.01. The molecule has 0 spiro atoms. The van der Waals surface area contributed by atoms with Crippen molar-refractivity contribution in [1.82, 2.24) is 9.97 Å².